The Morgan fingerprint density at radius 3 is 2.63 bits per heavy atom. The van der Waals surface area contributed by atoms with Crippen LogP contribution in [0.2, 0.25) is 0 Å². The number of carbonyl (C=O) groups is 1. The first-order valence-corrected chi connectivity index (χ1v) is 7.54. The molecule has 0 saturated heterocycles. The van der Waals surface area contributed by atoms with Gasteiger partial charge in [-0.15, -0.1) is 0 Å². The van der Waals surface area contributed by atoms with Gasteiger partial charge >= 0.3 is 0 Å². The number of unbranched alkanes of at least 4 members (excludes halogenated alkanes) is 1. The van der Waals surface area contributed by atoms with Crippen molar-refractivity contribution >= 4 is 5.78 Å². The van der Waals surface area contributed by atoms with Crippen LogP contribution in [0.15, 0.2) is 11.6 Å². The molecule has 0 unspecified atom stereocenters. The van der Waals surface area contributed by atoms with E-state index in [4.69, 9.17) is 0 Å². The Morgan fingerprint density at radius 2 is 2.11 bits per heavy atom. The lowest BCUT2D eigenvalue weighted by atomic mass is 9.77. The topological polar surface area (TPSA) is 57.5 Å². The van der Waals surface area contributed by atoms with Crippen LogP contribution in [0.5, 0.6) is 0 Å². The highest BCUT2D eigenvalue weighted by Crippen LogP contribution is 2.32. The molecule has 0 saturated carbocycles. The zero-order chi connectivity index (χ0) is 14.5. The van der Waals surface area contributed by atoms with Gasteiger partial charge in [0.2, 0.25) is 0 Å². The molecule has 19 heavy (non-hydrogen) atoms. The number of carbonyl (C=O) groups excluding carboxylic acids is 1. The molecule has 0 bridgehead atoms. The molecule has 2 atom stereocenters. The van der Waals surface area contributed by atoms with Crippen molar-refractivity contribution in [3.05, 3.63) is 11.6 Å². The predicted molar refractivity (Wildman–Crippen MR) is 76.9 cm³/mol. The lowest BCUT2D eigenvalue weighted by Crippen LogP contribution is -2.51. The van der Waals surface area contributed by atoms with Crippen molar-refractivity contribution < 1.29 is 15.0 Å². The quantitative estimate of drug-likeness (QED) is 0.746. The summed E-state index contributed by atoms with van der Waals surface area (Å²) in [4.78, 5) is 12.1. The van der Waals surface area contributed by atoms with Gasteiger partial charge in [0, 0.05) is 0 Å². The second-order valence-corrected chi connectivity index (χ2v) is 6.20. The minimum atomic E-state index is -1.54. The van der Waals surface area contributed by atoms with Gasteiger partial charge in [-0.05, 0) is 37.7 Å². The SMILES string of the molecule is CCCC[C@@]1(O)C(=O)C=C(CCCC(C)C)C[C@H]1O. The molecule has 0 radical (unpaired) electrons. The molecule has 2 N–H and O–H groups in total. The molecule has 0 aromatic heterocycles. The average molecular weight is 268 g/mol. The minimum absolute atomic E-state index is 0.306. The molecule has 0 aromatic carbocycles. The third-order valence-electron chi connectivity index (χ3n) is 3.96. The van der Waals surface area contributed by atoms with Crippen LogP contribution in [0, 0.1) is 5.92 Å². The fraction of sp³-hybridized carbons (Fsp3) is 0.812. The third kappa shape index (κ3) is 4.43. The number of rotatable bonds is 7. The van der Waals surface area contributed by atoms with Crippen molar-refractivity contribution in [2.75, 3.05) is 0 Å². The van der Waals surface area contributed by atoms with Gasteiger partial charge in [-0.25, -0.2) is 0 Å². The van der Waals surface area contributed by atoms with E-state index in [2.05, 4.69) is 13.8 Å². The first kappa shape index (κ1) is 16.4. The summed E-state index contributed by atoms with van der Waals surface area (Å²) < 4.78 is 0. The minimum Gasteiger partial charge on any atom is -0.389 e. The van der Waals surface area contributed by atoms with E-state index in [0.29, 0.717) is 18.8 Å². The molecule has 0 aromatic rings. The highest BCUT2D eigenvalue weighted by molar-refractivity contribution is 5.99. The maximum Gasteiger partial charge on any atom is 0.189 e. The van der Waals surface area contributed by atoms with E-state index in [0.717, 1.165) is 37.7 Å². The predicted octanol–water partition coefficient (Wildman–Crippen LogP) is 2.99. The molecular formula is C16H28O3. The van der Waals surface area contributed by atoms with Crippen molar-refractivity contribution in [2.24, 2.45) is 5.92 Å². The van der Waals surface area contributed by atoms with E-state index < -0.39 is 11.7 Å². The van der Waals surface area contributed by atoms with Crippen molar-refractivity contribution in [1.82, 2.24) is 0 Å². The summed E-state index contributed by atoms with van der Waals surface area (Å²) in [5, 5.41) is 20.4. The summed E-state index contributed by atoms with van der Waals surface area (Å²) in [5.41, 5.74) is -0.559. The number of aliphatic hydroxyl groups excluding tert-OH is 1. The van der Waals surface area contributed by atoms with Crippen LogP contribution in [0.1, 0.15) is 65.7 Å². The maximum absolute atomic E-state index is 12.1. The molecule has 3 nitrogen and oxygen atoms in total. The monoisotopic (exact) mass is 268 g/mol. The highest BCUT2D eigenvalue weighted by Gasteiger charge is 2.44. The van der Waals surface area contributed by atoms with E-state index >= 15 is 0 Å². The Hall–Kier alpha value is -0.670. The van der Waals surface area contributed by atoms with Gasteiger partial charge in [-0.1, -0.05) is 45.6 Å². The van der Waals surface area contributed by atoms with Crippen LogP contribution in [0.3, 0.4) is 0 Å². The largest absolute Gasteiger partial charge is 0.389 e. The summed E-state index contributed by atoms with van der Waals surface area (Å²) in [6.45, 7) is 6.37. The second kappa shape index (κ2) is 7.20. The van der Waals surface area contributed by atoms with Crippen molar-refractivity contribution in [1.29, 1.82) is 0 Å². The van der Waals surface area contributed by atoms with E-state index in [1.807, 2.05) is 6.92 Å². The Kier molecular flexibility index (Phi) is 6.21. The highest BCUT2D eigenvalue weighted by atomic mass is 16.3. The Balaban J connectivity index is 2.61. The van der Waals surface area contributed by atoms with Crippen LogP contribution >= 0.6 is 0 Å². The summed E-state index contributed by atoms with van der Waals surface area (Å²) in [6, 6.07) is 0. The van der Waals surface area contributed by atoms with Crippen LogP contribution in [-0.4, -0.2) is 27.7 Å². The van der Waals surface area contributed by atoms with Gasteiger partial charge in [-0.2, -0.15) is 0 Å². The zero-order valence-corrected chi connectivity index (χ0v) is 12.5. The van der Waals surface area contributed by atoms with E-state index in [9.17, 15) is 15.0 Å². The number of aliphatic hydroxyl groups is 2. The normalized spacial score (nSPS) is 27.8. The number of hydrogen-bond acceptors (Lipinski definition) is 3. The van der Waals surface area contributed by atoms with Gasteiger partial charge in [0.1, 0.15) is 0 Å². The van der Waals surface area contributed by atoms with E-state index in [1.54, 1.807) is 6.08 Å². The van der Waals surface area contributed by atoms with Crippen LogP contribution < -0.4 is 0 Å². The Morgan fingerprint density at radius 1 is 1.42 bits per heavy atom. The van der Waals surface area contributed by atoms with Crippen molar-refractivity contribution in [2.45, 2.75) is 77.4 Å². The molecule has 0 aliphatic heterocycles. The molecule has 1 aliphatic carbocycles. The Bertz CT molecular complexity index is 333. The van der Waals surface area contributed by atoms with Crippen molar-refractivity contribution in [3.63, 3.8) is 0 Å². The molecule has 110 valence electrons. The number of hydrogen-bond donors (Lipinski definition) is 2. The molecule has 3 heteroatoms. The summed E-state index contributed by atoms with van der Waals surface area (Å²) in [7, 11) is 0. The molecule has 1 aliphatic rings. The lowest BCUT2D eigenvalue weighted by molar-refractivity contribution is -0.148. The van der Waals surface area contributed by atoms with Crippen LogP contribution in [-0.2, 0) is 4.79 Å². The van der Waals surface area contributed by atoms with Crippen LogP contribution in [0.25, 0.3) is 0 Å². The smallest absolute Gasteiger partial charge is 0.189 e. The number of ketones is 1. The van der Waals surface area contributed by atoms with Gasteiger partial charge in [0.25, 0.3) is 0 Å². The fourth-order valence-corrected chi connectivity index (χ4v) is 2.60. The molecule has 0 spiro atoms. The summed E-state index contributed by atoms with van der Waals surface area (Å²) >= 11 is 0. The van der Waals surface area contributed by atoms with Crippen LogP contribution in [0.4, 0.5) is 0 Å². The molecule has 0 heterocycles. The zero-order valence-electron chi connectivity index (χ0n) is 12.5. The van der Waals surface area contributed by atoms with Gasteiger partial charge in [0.05, 0.1) is 6.10 Å². The van der Waals surface area contributed by atoms with E-state index in [1.165, 1.54) is 0 Å². The van der Waals surface area contributed by atoms with Gasteiger partial charge in [-0.3, -0.25) is 4.79 Å². The lowest BCUT2D eigenvalue weighted by Gasteiger charge is -2.35. The van der Waals surface area contributed by atoms with Gasteiger partial charge < -0.3 is 10.2 Å². The fourth-order valence-electron chi connectivity index (χ4n) is 2.60. The molecule has 0 amide bonds. The summed E-state index contributed by atoms with van der Waals surface area (Å²) in [5.74, 6) is 0.352. The standard InChI is InChI=1S/C16H28O3/c1-4-5-9-16(19)14(17)10-13(11-15(16)18)8-6-7-12(2)3/h10,12,15,18-19H,4-9,11H2,1-3H3/t15-,16-/m1/s1. The van der Waals surface area contributed by atoms with Crippen molar-refractivity contribution in [3.8, 4) is 0 Å². The average Bonchev–Trinajstić information content (AvgIpc) is 2.33. The molecule has 1 rings (SSSR count). The summed E-state index contributed by atoms with van der Waals surface area (Å²) in [6.07, 6.45) is 6.11. The first-order valence-electron chi connectivity index (χ1n) is 7.54. The second-order valence-electron chi connectivity index (χ2n) is 6.20. The molecule has 0 fully saturated rings. The first-order chi connectivity index (χ1) is 8.90. The Labute approximate surface area is 116 Å². The third-order valence-corrected chi connectivity index (χ3v) is 3.96. The molecular weight excluding hydrogens is 240 g/mol. The maximum atomic E-state index is 12.1. The van der Waals surface area contributed by atoms with E-state index in [-0.39, 0.29) is 5.78 Å². The van der Waals surface area contributed by atoms with Gasteiger partial charge in [0.15, 0.2) is 11.4 Å².